The SMILES string of the molecule is C#CC1CC(C)(C)CP(=O)(OC)O1. The number of rotatable bonds is 1. The molecule has 0 saturated carbocycles. The Kier molecular flexibility index (Phi) is 2.87. The van der Waals surface area contributed by atoms with Crippen molar-refractivity contribution < 1.29 is 13.6 Å². The van der Waals surface area contributed by atoms with Crippen molar-refractivity contribution in [2.24, 2.45) is 5.41 Å². The van der Waals surface area contributed by atoms with Crippen molar-refractivity contribution in [3.05, 3.63) is 0 Å². The van der Waals surface area contributed by atoms with Gasteiger partial charge in [-0.05, 0) is 11.8 Å². The highest BCUT2D eigenvalue weighted by molar-refractivity contribution is 7.53. The lowest BCUT2D eigenvalue weighted by Gasteiger charge is -2.36. The molecule has 0 aliphatic carbocycles. The maximum absolute atomic E-state index is 11.8. The van der Waals surface area contributed by atoms with Gasteiger partial charge in [-0.15, -0.1) is 6.42 Å². The van der Waals surface area contributed by atoms with E-state index < -0.39 is 7.60 Å². The predicted molar refractivity (Wildman–Crippen MR) is 51.6 cm³/mol. The molecule has 1 saturated heterocycles. The minimum atomic E-state index is -2.93. The zero-order chi connectivity index (χ0) is 10.1. The van der Waals surface area contributed by atoms with Crippen LogP contribution in [0.15, 0.2) is 0 Å². The molecular formula is C9H15O3P. The highest BCUT2D eigenvalue weighted by Gasteiger charge is 2.41. The third kappa shape index (κ3) is 2.57. The van der Waals surface area contributed by atoms with Crippen LogP contribution >= 0.6 is 7.60 Å². The normalized spacial score (nSPS) is 38.2. The molecule has 0 N–H and O–H groups in total. The lowest BCUT2D eigenvalue weighted by atomic mass is 9.89. The first-order valence-electron chi connectivity index (χ1n) is 4.20. The number of terminal acetylenes is 1. The summed E-state index contributed by atoms with van der Waals surface area (Å²) in [5.74, 6) is 2.47. The standard InChI is InChI=1S/C9H15O3P/c1-5-8-6-9(2,3)7-13(10,11-4)12-8/h1,8H,6-7H2,2-4H3. The van der Waals surface area contributed by atoms with Gasteiger partial charge in [0.2, 0.25) is 0 Å². The first kappa shape index (κ1) is 10.8. The Labute approximate surface area is 79.3 Å². The lowest BCUT2D eigenvalue weighted by molar-refractivity contribution is 0.121. The van der Waals surface area contributed by atoms with E-state index in [1.807, 2.05) is 13.8 Å². The summed E-state index contributed by atoms with van der Waals surface area (Å²) in [4.78, 5) is 0. The average molecular weight is 202 g/mol. The van der Waals surface area contributed by atoms with E-state index in [4.69, 9.17) is 15.5 Å². The molecule has 1 rings (SSSR count). The van der Waals surface area contributed by atoms with E-state index in [0.717, 1.165) is 6.42 Å². The predicted octanol–water partition coefficient (Wildman–Crippen LogP) is 2.27. The molecule has 2 atom stereocenters. The van der Waals surface area contributed by atoms with Gasteiger partial charge in [-0.1, -0.05) is 19.8 Å². The van der Waals surface area contributed by atoms with Gasteiger partial charge >= 0.3 is 7.60 Å². The Morgan fingerprint density at radius 1 is 1.69 bits per heavy atom. The van der Waals surface area contributed by atoms with Crippen molar-refractivity contribution in [3.8, 4) is 12.3 Å². The molecule has 1 fully saturated rings. The van der Waals surface area contributed by atoms with E-state index in [2.05, 4.69) is 5.92 Å². The molecule has 0 aromatic heterocycles. The van der Waals surface area contributed by atoms with Crippen molar-refractivity contribution in [1.82, 2.24) is 0 Å². The van der Waals surface area contributed by atoms with Crippen LogP contribution in [0.5, 0.6) is 0 Å². The highest BCUT2D eigenvalue weighted by Crippen LogP contribution is 2.57. The van der Waals surface area contributed by atoms with Crippen LogP contribution in [0.1, 0.15) is 20.3 Å². The third-order valence-corrected chi connectivity index (χ3v) is 4.49. The minimum absolute atomic E-state index is 0.0686. The highest BCUT2D eigenvalue weighted by atomic mass is 31.2. The molecule has 0 amide bonds. The average Bonchev–Trinajstić information content (AvgIpc) is 2.01. The third-order valence-electron chi connectivity index (χ3n) is 2.11. The molecule has 13 heavy (non-hydrogen) atoms. The molecule has 0 aromatic rings. The summed E-state index contributed by atoms with van der Waals surface area (Å²) in [6.07, 6.45) is 6.04. The summed E-state index contributed by atoms with van der Waals surface area (Å²) < 4.78 is 21.9. The molecule has 0 aromatic carbocycles. The first-order chi connectivity index (χ1) is 5.91. The Balaban J connectivity index is 2.85. The molecule has 0 bridgehead atoms. The maximum Gasteiger partial charge on any atom is 0.332 e. The van der Waals surface area contributed by atoms with E-state index in [1.54, 1.807) is 0 Å². The van der Waals surface area contributed by atoms with Crippen LogP contribution in [-0.4, -0.2) is 19.4 Å². The molecule has 2 unspecified atom stereocenters. The second kappa shape index (κ2) is 3.46. The van der Waals surface area contributed by atoms with Crippen molar-refractivity contribution in [2.45, 2.75) is 26.4 Å². The molecule has 1 aliphatic rings. The van der Waals surface area contributed by atoms with Gasteiger partial charge in [-0.2, -0.15) is 0 Å². The van der Waals surface area contributed by atoms with E-state index in [9.17, 15) is 4.57 Å². The van der Waals surface area contributed by atoms with Gasteiger partial charge in [0.05, 0.1) is 6.16 Å². The first-order valence-corrected chi connectivity index (χ1v) is 5.93. The summed E-state index contributed by atoms with van der Waals surface area (Å²) in [6.45, 7) is 4.04. The number of hydrogen-bond acceptors (Lipinski definition) is 3. The van der Waals surface area contributed by atoms with Crippen LogP contribution in [0, 0.1) is 17.8 Å². The van der Waals surface area contributed by atoms with E-state index in [0.29, 0.717) is 6.16 Å². The quantitative estimate of drug-likeness (QED) is 0.483. The van der Waals surface area contributed by atoms with Gasteiger partial charge in [-0.3, -0.25) is 9.09 Å². The van der Waals surface area contributed by atoms with Crippen LogP contribution in [0.3, 0.4) is 0 Å². The maximum atomic E-state index is 11.8. The van der Waals surface area contributed by atoms with Gasteiger partial charge in [-0.25, -0.2) is 0 Å². The fourth-order valence-electron chi connectivity index (χ4n) is 1.56. The summed E-state index contributed by atoms with van der Waals surface area (Å²) in [5.41, 5.74) is -0.0686. The molecule has 1 aliphatic heterocycles. The Morgan fingerprint density at radius 2 is 2.31 bits per heavy atom. The largest absolute Gasteiger partial charge is 0.332 e. The van der Waals surface area contributed by atoms with Crippen LogP contribution < -0.4 is 0 Å². The van der Waals surface area contributed by atoms with Crippen molar-refractivity contribution >= 4 is 7.60 Å². The van der Waals surface area contributed by atoms with Crippen molar-refractivity contribution in [1.29, 1.82) is 0 Å². The molecule has 3 nitrogen and oxygen atoms in total. The summed E-state index contributed by atoms with van der Waals surface area (Å²) >= 11 is 0. The molecular weight excluding hydrogens is 187 g/mol. The van der Waals surface area contributed by atoms with Gasteiger partial charge < -0.3 is 4.52 Å². The van der Waals surface area contributed by atoms with Gasteiger partial charge in [0.1, 0.15) is 6.10 Å². The number of hydrogen-bond donors (Lipinski definition) is 0. The minimum Gasteiger partial charge on any atom is -0.312 e. The molecule has 0 spiro atoms. The van der Waals surface area contributed by atoms with Gasteiger partial charge in [0.25, 0.3) is 0 Å². The summed E-state index contributed by atoms with van der Waals surface area (Å²) in [5, 5.41) is 0. The Bertz CT molecular complexity index is 277. The topological polar surface area (TPSA) is 35.5 Å². The van der Waals surface area contributed by atoms with Crippen LogP contribution in [0.4, 0.5) is 0 Å². The van der Waals surface area contributed by atoms with E-state index in [-0.39, 0.29) is 11.5 Å². The van der Waals surface area contributed by atoms with Crippen molar-refractivity contribution in [3.63, 3.8) is 0 Å². The monoisotopic (exact) mass is 202 g/mol. The Hall–Kier alpha value is -0.290. The fraction of sp³-hybridized carbons (Fsp3) is 0.778. The van der Waals surface area contributed by atoms with Crippen molar-refractivity contribution in [2.75, 3.05) is 13.3 Å². The molecule has 4 heteroatoms. The van der Waals surface area contributed by atoms with E-state index >= 15 is 0 Å². The molecule has 74 valence electrons. The zero-order valence-corrected chi connectivity index (χ0v) is 9.14. The lowest BCUT2D eigenvalue weighted by Crippen LogP contribution is -2.31. The summed E-state index contributed by atoms with van der Waals surface area (Å²) in [6, 6.07) is 0. The van der Waals surface area contributed by atoms with Gasteiger partial charge in [0.15, 0.2) is 0 Å². The van der Waals surface area contributed by atoms with E-state index in [1.165, 1.54) is 7.11 Å². The van der Waals surface area contributed by atoms with Crippen LogP contribution in [-0.2, 0) is 13.6 Å². The smallest absolute Gasteiger partial charge is 0.312 e. The van der Waals surface area contributed by atoms with Gasteiger partial charge in [0, 0.05) is 7.11 Å². The second-order valence-electron chi connectivity index (χ2n) is 4.08. The molecule has 1 heterocycles. The zero-order valence-electron chi connectivity index (χ0n) is 8.24. The fourth-order valence-corrected chi connectivity index (χ4v) is 3.55. The van der Waals surface area contributed by atoms with Crippen LogP contribution in [0.25, 0.3) is 0 Å². The summed E-state index contributed by atoms with van der Waals surface area (Å²) in [7, 11) is -1.53. The second-order valence-corrected chi connectivity index (χ2v) is 6.19. The Morgan fingerprint density at radius 3 is 2.77 bits per heavy atom. The van der Waals surface area contributed by atoms with Crippen LogP contribution in [0.2, 0.25) is 0 Å². The molecule has 0 radical (unpaired) electrons.